The smallest absolute Gasteiger partial charge is 0.123 e. The van der Waals surface area contributed by atoms with Crippen molar-refractivity contribution in [2.45, 2.75) is 32.7 Å². The van der Waals surface area contributed by atoms with Gasteiger partial charge in [-0.3, -0.25) is 0 Å². The molecule has 1 N–H and O–H groups in total. The lowest BCUT2D eigenvalue weighted by molar-refractivity contribution is 0.128. The van der Waals surface area contributed by atoms with E-state index in [1.54, 1.807) is 7.11 Å². The fourth-order valence-electron chi connectivity index (χ4n) is 1.76. The second-order valence-corrected chi connectivity index (χ2v) is 5.37. The van der Waals surface area contributed by atoms with Gasteiger partial charge in [-0.2, -0.15) is 0 Å². The van der Waals surface area contributed by atoms with Crippen molar-refractivity contribution >= 4 is 28.3 Å². The first kappa shape index (κ1) is 19.7. The molecular formula is C15H25BrClNO2. The lowest BCUT2D eigenvalue weighted by Gasteiger charge is -2.10. The molecular weight excluding hydrogens is 342 g/mol. The van der Waals surface area contributed by atoms with E-state index in [-0.39, 0.29) is 12.4 Å². The van der Waals surface area contributed by atoms with Crippen molar-refractivity contribution in [2.24, 2.45) is 0 Å². The number of hydrogen-bond donors (Lipinski definition) is 1. The van der Waals surface area contributed by atoms with E-state index in [9.17, 15) is 0 Å². The summed E-state index contributed by atoms with van der Waals surface area (Å²) in [5, 5.41) is 3.41. The van der Waals surface area contributed by atoms with Crippen LogP contribution in [0.25, 0.3) is 0 Å². The molecule has 20 heavy (non-hydrogen) atoms. The van der Waals surface area contributed by atoms with E-state index in [1.807, 2.05) is 12.1 Å². The number of hydrogen-bond acceptors (Lipinski definition) is 3. The van der Waals surface area contributed by atoms with Crippen LogP contribution in [-0.4, -0.2) is 26.9 Å². The Morgan fingerprint density at radius 2 is 1.95 bits per heavy atom. The molecule has 0 aliphatic carbocycles. The molecule has 0 saturated heterocycles. The molecule has 0 radical (unpaired) electrons. The topological polar surface area (TPSA) is 30.5 Å². The van der Waals surface area contributed by atoms with Gasteiger partial charge >= 0.3 is 0 Å². The normalized spacial score (nSPS) is 10.2. The maximum atomic E-state index is 5.52. The maximum Gasteiger partial charge on any atom is 0.123 e. The Kier molecular flexibility index (Phi) is 12.3. The highest BCUT2D eigenvalue weighted by Crippen LogP contribution is 2.22. The van der Waals surface area contributed by atoms with Crippen LogP contribution < -0.4 is 10.1 Å². The molecule has 1 rings (SSSR count). The second-order valence-electron chi connectivity index (χ2n) is 4.45. The van der Waals surface area contributed by atoms with Gasteiger partial charge in [0.25, 0.3) is 0 Å². The van der Waals surface area contributed by atoms with Gasteiger partial charge in [0.05, 0.1) is 7.11 Å². The molecule has 1 aromatic rings. The van der Waals surface area contributed by atoms with Gasteiger partial charge in [0, 0.05) is 29.8 Å². The van der Waals surface area contributed by atoms with Gasteiger partial charge in [-0.25, -0.2) is 0 Å². The highest BCUT2D eigenvalue weighted by Gasteiger charge is 2.02. The molecule has 0 amide bonds. The molecule has 116 valence electrons. The van der Waals surface area contributed by atoms with Gasteiger partial charge in [-0.05, 0) is 37.6 Å². The number of nitrogens with one attached hydrogen (secondary N) is 1. The summed E-state index contributed by atoms with van der Waals surface area (Å²) in [5.74, 6) is 0.926. The zero-order valence-electron chi connectivity index (χ0n) is 12.3. The summed E-state index contributed by atoms with van der Waals surface area (Å²) in [6.07, 6.45) is 3.39. The SMILES string of the molecule is CCCCOCCCNCc1cc(Br)ccc1OC.Cl. The number of benzene rings is 1. The number of unbranched alkanes of at least 4 members (excludes halogenated alkanes) is 1. The highest BCUT2D eigenvalue weighted by molar-refractivity contribution is 9.10. The highest BCUT2D eigenvalue weighted by atomic mass is 79.9. The monoisotopic (exact) mass is 365 g/mol. The molecule has 1 aromatic carbocycles. The Hall–Kier alpha value is -0.290. The van der Waals surface area contributed by atoms with Crippen molar-refractivity contribution in [1.82, 2.24) is 5.32 Å². The van der Waals surface area contributed by atoms with E-state index < -0.39 is 0 Å². The third-order valence-corrected chi connectivity index (χ3v) is 3.34. The first-order valence-corrected chi connectivity index (χ1v) is 7.68. The molecule has 0 fully saturated rings. The van der Waals surface area contributed by atoms with E-state index in [4.69, 9.17) is 9.47 Å². The number of ether oxygens (including phenoxy) is 2. The van der Waals surface area contributed by atoms with E-state index in [0.717, 1.165) is 49.4 Å². The van der Waals surface area contributed by atoms with E-state index in [1.165, 1.54) is 12.0 Å². The van der Waals surface area contributed by atoms with Crippen molar-refractivity contribution in [3.8, 4) is 5.75 Å². The fourth-order valence-corrected chi connectivity index (χ4v) is 2.16. The standard InChI is InChI=1S/C15H24BrNO2.ClH/c1-3-4-9-19-10-5-8-17-12-13-11-14(16)6-7-15(13)18-2;/h6-7,11,17H,3-5,8-10,12H2,1-2H3;1H. The molecule has 0 aromatic heterocycles. The number of halogens is 2. The Balaban J connectivity index is 0.00000361. The van der Waals surface area contributed by atoms with Gasteiger partial charge in [0.2, 0.25) is 0 Å². The van der Waals surface area contributed by atoms with Crippen molar-refractivity contribution in [3.05, 3.63) is 28.2 Å². The lowest BCUT2D eigenvalue weighted by atomic mass is 10.2. The zero-order chi connectivity index (χ0) is 13.9. The third kappa shape index (κ3) is 8.10. The zero-order valence-corrected chi connectivity index (χ0v) is 14.7. The maximum absolute atomic E-state index is 5.52. The minimum absolute atomic E-state index is 0. The molecule has 0 bridgehead atoms. The van der Waals surface area contributed by atoms with Gasteiger partial charge in [-0.15, -0.1) is 12.4 Å². The average molecular weight is 367 g/mol. The third-order valence-electron chi connectivity index (χ3n) is 2.84. The Morgan fingerprint density at radius 3 is 2.65 bits per heavy atom. The largest absolute Gasteiger partial charge is 0.496 e. The molecule has 0 spiro atoms. The van der Waals surface area contributed by atoms with Crippen LogP contribution in [0.1, 0.15) is 31.7 Å². The Bertz CT molecular complexity index is 364. The minimum atomic E-state index is 0. The molecule has 0 saturated carbocycles. The summed E-state index contributed by atoms with van der Waals surface area (Å²) >= 11 is 3.48. The summed E-state index contributed by atoms with van der Waals surface area (Å²) in [7, 11) is 1.70. The van der Waals surface area contributed by atoms with Gasteiger partial charge in [-0.1, -0.05) is 29.3 Å². The first-order valence-electron chi connectivity index (χ1n) is 6.88. The van der Waals surface area contributed by atoms with Crippen LogP contribution in [0.15, 0.2) is 22.7 Å². The van der Waals surface area contributed by atoms with Crippen molar-refractivity contribution in [2.75, 3.05) is 26.9 Å². The molecule has 0 heterocycles. The number of methoxy groups -OCH3 is 1. The van der Waals surface area contributed by atoms with Crippen LogP contribution in [0.5, 0.6) is 5.75 Å². The van der Waals surface area contributed by atoms with Gasteiger partial charge < -0.3 is 14.8 Å². The molecule has 0 unspecified atom stereocenters. The van der Waals surface area contributed by atoms with Crippen molar-refractivity contribution in [3.63, 3.8) is 0 Å². The predicted octanol–water partition coefficient (Wildman–Crippen LogP) is 4.18. The van der Waals surface area contributed by atoms with Crippen LogP contribution in [0.3, 0.4) is 0 Å². The van der Waals surface area contributed by atoms with Crippen LogP contribution >= 0.6 is 28.3 Å². The molecule has 5 heteroatoms. The number of rotatable bonds is 10. The lowest BCUT2D eigenvalue weighted by Crippen LogP contribution is -2.17. The van der Waals surface area contributed by atoms with Gasteiger partial charge in [0.1, 0.15) is 5.75 Å². The Morgan fingerprint density at radius 1 is 1.20 bits per heavy atom. The molecule has 0 aliphatic rings. The van der Waals surface area contributed by atoms with Crippen LogP contribution in [0.2, 0.25) is 0 Å². The van der Waals surface area contributed by atoms with Crippen molar-refractivity contribution < 1.29 is 9.47 Å². The summed E-state index contributed by atoms with van der Waals surface area (Å²) in [6, 6.07) is 6.06. The van der Waals surface area contributed by atoms with Gasteiger partial charge in [0.15, 0.2) is 0 Å². The van der Waals surface area contributed by atoms with Crippen molar-refractivity contribution in [1.29, 1.82) is 0 Å². The van der Waals surface area contributed by atoms with E-state index >= 15 is 0 Å². The fraction of sp³-hybridized carbons (Fsp3) is 0.600. The summed E-state index contributed by atoms with van der Waals surface area (Å²) < 4.78 is 11.9. The first-order chi connectivity index (χ1) is 9.27. The predicted molar refractivity (Wildman–Crippen MR) is 90.0 cm³/mol. The minimum Gasteiger partial charge on any atom is -0.496 e. The van der Waals surface area contributed by atoms with Crippen LogP contribution in [0, 0.1) is 0 Å². The summed E-state index contributed by atoms with van der Waals surface area (Å²) in [4.78, 5) is 0. The summed E-state index contributed by atoms with van der Waals surface area (Å²) in [5.41, 5.74) is 1.17. The molecule has 0 atom stereocenters. The molecule has 0 aliphatic heterocycles. The quantitative estimate of drug-likeness (QED) is 0.630. The summed E-state index contributed by atoms with van der Waals surface area (Å²) in [6.45, 7) is 5.67. The average Bonchev–Trinajstić information content (AvgIpc) is 2.42. The van der Waals surface area contributed by atoms with E-state index in [2.05, 4.69) is 34.2 Å². The van der Waals surface area contributed by atoms with E-state index in [0.29, 0.717) is 0 Å². The van der Waals surface area contributed by atoms with Crippen LogP contribution in [0.4, 0.5) is 0 Å². The second kappa shape index (κ2) is 12.5. The molecule has 3 nitrogen and oxygen atoms in total. The van der Waals surface area contributed by atoms with Crippen LogP contribution in [-0.2, 0) is 11.3 Å². The Labute approximate surface area is 137 Å².